The number of thiazole rings is 1. The number of piperazine rings is 1. The van der Waals surface area contributed by atoms with Gasteiger partial charge in [0.05, 0.1) is 17.2 Å². The molecule has 1 aromatic carbocycles. The molecule has 28 heavy (non-hydrogen) atoms. The third-order valence-corrected chi connectivity index (χ3v) is 5.76. The van der Waals surface area contributed by atoms with Crippen molar-refractivity contribution in [2.75, 3.05) is 38.0 Å². The molecule has 1 aliphatic heterocycles. The zero-order chi connectivity index (χ0) is 20.1. The number of benzene rings is 1. The first-order valence-corrected chi connectivity index (χ1v) is 10.3. The number of carbonyl (C=O) groups is 2. The molecule has 1 aromatic heterocycles. The summed E-state index contributed by atoms with van der Waals surface area (Å²) in [7, 11) is 0. The summed E-state index contributed by atoms with van der Waals surface area (Å²) in [5.74, 6) is -0.0302. The Bertz CT molecular complexity index is 882. The Morgan fingerprint density at radius 2 is 1.93 bits per heavy atom. The van der Waals surface area contributed by atoms with E-state index in [0.29, 0.717) is 32.7 Å². The van der Waals surface area contributed by atoms with Gasteiger partial charge in [-0.2, -0.15) is 0 Å². The second-order valence-corrected chi connectivity index (χ2v) is 8.08. The van der Waals surface area contributed by atoms with Crippen molar-refractivity contribution in [3.8, 4) is 0 Å². The molecule has 0 bridgehead atoms. The summed E-state index contributed by atoms with van der Waals surface area (Å²) < 4.78 is 0. The Hall–Kier alpha value is -2.51. The molecule has 2 aromatic rings. The van der Waals surface area contributed by atoms with E-state index in [-0.39, 0.29) is 11.8 Å². The number of carbonyl (C=O) groups excluding carboxylic acids is 2. The van der Waals surface area contributed by atoms with Gasteiger partial charge in [0.25, 0.3) is 0 Å². The van der Waals surface area contributed by atoms with Crippen LogP contribution in [0.1, 0.15) is 21.8 Å². The van der Waals surface area contributed by atoms with Crippen molar-refractivity contribution in [2.24, 2.45) is 0 Å². The Labute approximate surface area is 169 Å². The SMILES string of the molecule is Cc1nc(/C=C/C(=O)N2CCN(CC(=O)Nc3cccc(C)c3C)CC2)cs1. The summed E-state index contributed by atoms with van der Waals surface area (Å²) in [5, 5.41) is 5.92. The van der Waals surface area contributed by atoms with Crippen LogP contribution in [0.15, 0.2) is 29.7 Å². The number of nitrogens with zero attached hydrogens (tertiary/aromatic N) is 3. The summed E-state index contributed by atoms with van der Waals surface area (Å²) in [6, 6.07) is 5.90. The topological polar surface area (TPSA) is 65.5 Å². The number of aryl methyl sites for hydroxylation is 2. The zero-order valence-electron chi connectivity index (χ0n) is 16.6. The Balaban J connectivity index is 1.45. The smallest absolute Gasteiger partial charge is 0.246 e. The summed E-state index contributed by atoms with van der Waals surface area (Å²) in [4.78, 5) is 32.9. The van der Waals surface area contributed by atoms with Crippen molar-refractivity contribution in [2.45, 2.75) is 20.8 Å². The average Bonchev–Trinajstić information content (AvgIpc) is 3.09. The molecule has 7 heteroatoms. The lowest BCUT2D eigenvalue weighted by molar-refractivity contribution is -0.127. The largest absolute Gasteiger partial charge is 0.337 e. The van der Waals surface area contributed by atoms with E-state index in [1.165, 1.54) is 0 Å². The van der Waals surface area contributed by atoms with Crippen LogP contribution >= 0.6 is 11.3 Å². The highest BCUT2D eigenvalue weighted by molar-refractivity contribution is 7.09. The van der Waals surface area contributed by atoms with Crippen LogP contribution in [-0.4, -0.2) is 59.3 Å². The molecule has 1 saturated heterocycles. The minimum Gasteiger partial charge on any atom is -0.337 e. The van der Waals surface area contributed by atoms with Gasteiger partial charge in [-0.3, -0.25) is 14.5 Å². The van der Waals surface area contributed by atoms with Crippen molar-refractivity contribution in [1.82, 2.24) is 14.8 Å². The van der Waals surface area contributed by atoms with Crippen molar-refractivity contribution < 1.29 is 9.59 Å². The monoisotopic (exact) mass is 398 g/mol. The van der Waals surface area contributed by atoms with Gasteiger partial charge in [0, 0.05) is 43.3 Å². The summed E-state index contributed by atoms with van der Waals surface area (Å²) in [5.41, 5.74) is 3.93. The molecule has 2 amide bonds. The van der Waals surface area contributed by atoms with E-state index in [1.54, 1.807) is 23.5 Å². The molecule has 0 atom stereocenters. The highest BCUT2D eigenvalue weighted by Crippen LogP contribution is 2.18. The van der Waals surface area contributed by atoms with Gasteiger partial charge in [-0.05, 0) is 44.0 Å². The zero-order valence-corrected chi connectivity index (χ0v) is 17.4. The number of hydrogen-bond acceptors (Lipinski definition) is 5. The van der Waals surface area contributed by atoms with E-state index in [9.17, 15) is 9.59 Å². The van der Waals surface area contributed by atoms with Crippen molar-refractivity contribution >= 4 is 34.9 Å². The normalized spacial score (nSPS) is 15.2. The van der Waals surface area contributed by atoms with E-state index < -0.39 is 0 Å². The molecule has 0 aliphatic carbocycles. The maximum atomic E-state index is 12.4. The molecule has 2 heterocycles. The lowest BCUT2D eigenvalue weighted by atomic mass is 10.1. The van der Waals surface area contributed by atoms with E-state index in [4.69, 9.17) is 0 Å². The predicted octanol–water partition coefficient (Wildman–Crippen LogP) is 2.86. The molecule has 0 saturated carbocycles. The molecule has 1 fully saturated rings. The number of hydrogen-bond donors (Lipinski definition) is 1. The highest BCUT2D eigenvalue weighted by atomic mass is 32.1. The Kier molecular flexibility index (Phi) is 6.59. The van der Waals surface area contributed by atoms with Crippen LogP contribution in [0.5, 0.6) is 0 Å². The van der Waals surface area contributed by atoms with Gasteiger partial charge in [-0.15, -0.1) is 11.3 Å². The molecule has 1 aliphatic rings. The quantitative estimate of drug-likeness (QED) is 0.787. The first-order chi connectivity index (χ1) is 13.4. The molecule has 1 N–H and O–H groups in total. The maximum absolute atomic E-state index is 12.4. The van der Waals surface area contributed by atoms with Gasteiger partial charge in [-0.1, -0.05) is 12.1 Å². The predicted molar refractivity (Wildman–Crippen MR) is 113 cm³/mol. The lowest BCUT2D eigenvalue weighted by Crippen LogP contribution is -2.50. The lowest BCUT2D eigenvalue weighted by Gasteiger charge is -2.33. The van der Waals surface area contributed by atoms with E-state index in [1.807, 2.05) is 49.3 Å². The Morgan fingerprint density at radius 3 is 2.61 bits per heavy atom. The van der Waals surface area contributed by atoms with Crippen LogP contribution in [0.25, 0.3) is 6.08 Å². The molecule has 148 valence electrons. The van der Waals surface area contributed by atoms with Crippen molar-refractivity contribution in [1.29, 1.82) is 0 Å². The number of nitrogens with one attached hydrogen (secondary N) is 1. The van der Waals surface area contributed by atoms with Gasteiger partial charge < -0.3 is 10.2 Å². The second kappa shape index (κ2) is 9.12. The summed E-state index contributed by atoms with van der Waals surface area (Å²) in [6.45, 7) is 8.95. The third kappa shape index (κ3) is 5.27. The minimum atomic E-state index is -0.0210. The number of amides is 2. The highest BCUT2D eigenvalue weighted by Gasteiger charge is 2.21. The number of anilines is 1. The van der Waals surface area contributed by atoms with Crippen LogP contribution in [0.4, 0.5) is 5.69 Å². The van der Waals surface area contributed by atoms with Crippen LogP contribution < -0.4 is 5.32 Å². The van der Waals surface area contributed by atoms with Gasteiger partial charge >= 0.3 is 0 Å². The Morgan fingerprint density at radius 1 is 1.18 bits per heavy atom. The minimum absolute atomic E-state index is 0.00913. The van der Waals surface area contributed by atoms with Gasteiger partial charge in [0.2, 0.25) is 11.8 Å². The summed E-state index contributed by atoms with van der Waals surface area (Å²) >= 11 is 1.57. The van der Waals surface area contributed by atoms with Crippen LogP contribution in [0.3, 0.4) is 0 Å². The first-order valence-electron chi connectivity index (χ1n) is 9.40. The van der Waals surface area contributed by atoms with E-state index >= 15 is 0 Å². The van der Waals surface area contributed by atoms with E-state index in [0.717, 1.165) is 27.5 Å². The molecule has 3 rings (SSSR count). The van der Waals surface area contributed by atoms with Gasteiger partial charge in [-0.25, -0.2) is 4.98 Å². The first kappa shape index (κ1) is 20.2. The van der Waals surface area contributed by atoms with Crippen LogP contribution in [0, 0.1) is 20.8 Å². The number of rotatable bonds is 5. The molecule has 0 radical (unpaired) electrons. The standard InChI is InChI=1S/C21H26N4O2S/c1-15-5-4-6-19(16(15)2)23-20(26)13-24-9-11-25(12-10-24)21(27)8-7-18-14-28-17(3)22-18/h4-8,14H,9-13H2,1-3H3,(H,23,26)/b8-7+. The number of aromatic nitrogens is 1. The molecule has 0 unspecified atom stereocenters. The van der Waals surface area contributed by atoms with Crippen molar-refractivity contribution in [3.63, 3.8) is 0 Å². The summed E-state index contributed by atoms with van der Waals surface area (Å²) in [6.07, 6.45) is 3.34. The second-order valence-electron chi connectivity index (χ2n) is 7.02. The maximum Gasteiger partial charge on any atom is 0.246 e. The van der Waals surface area contributed by atoms with Crippen LogP contribution in [-0.2, 0) is 9.59 Å². The fourth-order valence-corrected chi connectivity index (χ4v) is 3.71. The average molecular weight is 399 g/mol. The van der Waals surface area contributed by atoms with E-state index in [2.05, 4.69) is 15.2 Å². The molecular formula is C21H26N4O2S. The fraction of sp³-hybridized carbons (Fsp3) is 0.381. The fourth-order valence-electron chi connectivity index (χ4n) is 3.12. The third-order valence-electron chi connectivity index (χ3n) is 4.96. The molecule has 0 spiro atoms. The van der Waals surface area contributed by atoms with Gasteiger partial charge in [0.15, 0.2) is 0 Å². The molecular weight excluding hydrogens is 372 g/mol. The van der Waals surface area contributed by atoms with Crippen molar-refractivity contribution in [3.05, 3.63) is 51.5 Å². The van der Waals surface area contributed by atoms with Crippen LogP contribution in [0.2, 0.25) is 0 Å². The van der Waals surface area contributed by atoms with Gasteiger partial charge in [0.1, 0.15) is 0 Å². The molecule has 6 nitrogen and oxygen atoms in total.